The molecule has 4 rings (SSSR count). The third-order valence-electron chi connectivity index (χ3n) is 4.81. The van der Waals surface area contributed by atoms with Crippen molar-refractivity contribution in [1.29, 1.82) is 0 Å². The van der Waals surface area contributed by atoms with E-state index in [4.69, 9.17) is 32.4 Å². The number of furan rings is 1. The number of halogens is 3. The highest BCUT2D eigenvalue weighted by Crippen LogP contribution is 2.35. The Hall–Kier alpha value is -3.07. The zero-order chi connectivity index (χ0) is 23.7. The van der Waals surface area contributed by atoms with Gasteiger partial charge in [-0.3, -0.25) is 14.5 Å². The maximum Gasteiger partial charge on any atom is 0.339 e. The van der Waals surface area contributed by atoms with Crippen LogP contribution in [0.4, 0.5) is 9.18 Å². The van der Waals surface area contributed by atoms with Crippen molar-refractivity contribution in [3.05, 3.63) is 86.2 Å². The molecule has 0 unspecified atom stereocenters. The van der Waals surface area contributed by atoms with Crippen LogP contribution in [-0.2, 0) is 16.1 Å². The summed E-state index contributed by atoms with van der Waals surface area (Å²) in [5.41, 5.74) is 0.816. The summed E-state index contributed by atoms with van der Waals surface area (Å²) in [6, 6.07) is 12.2. The van der Waals surface area contributed by atoms with E-state index >= 15 is 0 Å². The Morgan fingerprint density at radius 3 is 2.67 bits per heavy atom. The van der Waals surface area contributed by atoms with Crippen molar-refractivity contribution in [3.8, 4) is 11.3 Å². The van der Waals surface area contributed by atoms with Gasteiger partial charge in [0.25, 0.3) is 11.1 Å². The van der Waals surface area contributed by atoms with E-state index in [-0.39, 0.29) is 32.6 Å². The van der Waals surface area contributed by atoms with Gasteiger partial charge in [-0.25, -0.2) is 9.18 Å². The summed E-state index contributed by atoms with van der Waals surface area (Å²) < 4.78 is 24.6. The van der Waals surface area contributed by atoms with E-state index in [1.54, 1.807) is 24.3 Å². The standard InChI is InChI=1S/C23H14Cl2FNO5S/c1-31-22(29)14-9-12(5-7-17(14)25)19-8-6-13(32-19)10-20-21(28)27(23(30)33-20)11-15-16(24)3-2-4-18(15)26/h2-10H,11H2,1H3/b20-10-. The lowest BCUT2D eigenvalue weighted by molar-refractivity contribution is -0.123. The molecule has 3 aromatic rings. The molecule has 0 atom stereocenters. The Labute approximate surface area is 201 Å². The summed E-state index contributed by atoms with van der Waals surface area (Å²) in [6.45, 7) is -0.280. The molecule has 168 valence electrons. The SMILES string of the molecule is COC(=O)c1cc(-c2ccc(/C=C3\SC(=O)N(Cc4c(F)cccc4Cl)C3=O)o2)ccc1Cl. The minimum atomic E-state index is -0.601. The van der Waals surface area contributed by atoms with Gasteiger partial charge in [0.15, 0.2) is 0 Å². The fourth-order valence-electron chi connectivity index (χ4n) is 3.14. The van der Waals surface area contributed by atoms with Crippen molar-refractivity contribution in [3.63, 3.8) is 0 Å². The number of imide groups is 1. The first-order valence-corrected chi connectivity index (χ1v) is 11.0. The fourth-order valence-corrected chi connectivity index (χ4v) is 4.37. The summed E-state index contributed by atoms with van der Waals surface area (Å²) in [4.78, 5) is 38.0. The van der Waals surface area contributed by atoms with E-state index < -0.39 is 22.9 Å². The van der Waals surface area contributed by atoms with E-state index in [0.29, 0.717) is 17.1 Å². The number of ether oxygens (including phenoxy) is 1. The Morgan fingerprint density at radius 1 is 1.15 bits per heavy atom. The summed E-state index contributed by atoms with van der Waals surface area (Å²) in [6.07, 6.45) is 1.43. The first kappa shape index (κ1) is 23.1. The first-order valence-electron chi connectivity index (χ1n) is 9.45. The van der Waals surface area contributed by atoms with Crippen LogP contribution in [0.1, 0.15) is 21.7 Å². The Balaban J connectivity index is 1.57. The highest BCUT2D eigenvalue weighted by Gasteiger charge is 2.36. The zero-order valence-corrected chi connectivity index (χ0v) is 19.3. The summed E-state index contributed by atoms with van der Waals surface area (Å²) in [5, 5.41) is -0.179. The number of hydrogen-bond acceptors (Lipinski definition) is 6. The van der Waals surface area contributed by atoms with E-state index in [1.807, 2.05) is 0 Å². The molecule has 0 N–H and O–H groups in total. The zero-order valence-electron chi connectivity index (χ0n) is 16.9. The van der Waals surface area contributed by atoms with Crippen LogP contribution in [0.25, 0.3) is 17.4 Å². The molecule has 2 aromatic carbocycles. The lowest BCUT2D eigenvalue weighted by Gasteiger charge is -2.14. The first-order chi connectivity index (χ1) is 15.8. The molecule has 0 saturated carbocycles. The molecular formula is C23H14Cl2FNO5S. The minimum absolute atomic E-state index is 0.0622. The van der Waals surface area contributed by atoms with Crippen molar-refractivity contribution in [2.45, 2.75) is 6.54 Å². The van der Waals surface area contributed by atoms with Gasteiger partial charge < -0.3 is 9.15 Å². The second-order valence-corrected chi connectivity index (χ2v) is 8.66. The monoisotopic (exact) mass is 505 g/mol. The number of rotatable bonds is 5. The number of esters is 1. The maximum absolute atomic E-state index is 14.1. The van der Waals surface area contributed by atoms with Crippen molar-refractivity contribution < 1.29 is 27.9 Å². The third kappa shape index (κ3) is 4.68. The van der Waals surface area contributed by atoms with E-state index in [1.165, 1.54) is 37.5 Å². The molecule has 0 aliphatic carbocycles. The molecule has 10 heteroatoms. The van der Waals surface area contributed by atoms with Crippen LogP contribution in [0.3, 0.4) is 0 Å². The van der Waals surface area contributed by atoms with E-state index in [9.17, 15) is 18.8 Å². The number of amides is 2. The molecule has 6 nitrogen and oxygen atoms in total. The number of hydrogen-bond donors (Lipinski definition) is 0. The Kier molecular flexibility index (Phi) is 6.60. The number of methoxy groups -OCH3 is 1. The van der Waals surface area contributed by atoms with Crippen molar-refractivity contribution in [1.82, 2.24) is 4.90 Å². The Bertz CT molecular complexity index is 1300. The molecule has 0 bridgehead atoms. The molecule has 1 aliphatic heterocycles. The quantitative estimate of drug-likeness (QED) is 0.294. The van der Waals surface area contributed by atoms with Gasteiger partial charge in [-0.2, -0.15) is 0 Å². The van der Waals surface area contributed by atoms with Crippen molar-refractivity contribution in [2.75, 3.05) is 7.11 Å². The van der Waals surface area contributed by atoms with Gasteiger partial charge >= 0.3 is 5.97 Å². The van der Waals surface area contributed by atoms with E-state index in [0.717, 1.165) is 16.7 Å². The highest BCUT2D eigenvalue weighted by atomic mass is 35.5. The normalized spacial score (nSPS) is 14.9. The molecule has 1 fully saturated rings. The predicted molar refractivity (Wildman–Crippen MR) is 123 cm³/mol. The average molecular weight is 506 g/mol. The number of thioether (sulfide) groups is 1. The van der Waals surface area contributed by atoms with Crippen molar-refractivity contribution in [2.24, 2.45) is 0 Å². The van der Waals surface area contributed by atoms with Crippen LogP contribution >= 0.6 is 35.0 Å². The lowest BCUT2D eigenvalue weighted by atomic mass is 10.1. The molecule has 2 heterocycles. The molecule has 0 spiro atoms. The van der Waals surface area contributed by atoms with Gasteiger partial charge in [-0.15, -0.1) is 0 Å². The largest absolute Gasteiger partial charge is 0.465 e. The molecule has 33 heavy (non-hydrogen) atoms. The molecule has 0 radical (unpaired) electrons. The van der Waals surface area contributed by atoms with Crippen LogP contribution in [0.5, 0.6) is 0 Å². The fraction of sp³-hybridized carbons (Fsp3) is 0.0870. The van der Waals surface area contributed by atoms with Gasteiger partial charge in [-0.05, 0) is 54.2 Å². The van der Waals surface area contributed by atoms with E-state index in [2.05, 4.69) is 0 Å². The number of carbonyl (C=O) groups is 3. The second-order valence-electron chi connectivity index (χ2n) is 6.86. The maximum atomic E-state index is 14.1. The summed E-state index contributed by atoms with van der Waals surface area (Å²) >= 11 is 12.8. The third-order valence-corrected chi connectivity index (χ3v) is 6.40. The smallest absolute Gasteiger partial charge is 0.339 e. The topological polar surface area (TPSA) is 76.8 Å². The van der Waals surface area contributed by atoms with Gasteiger partial charge in [-0.1, -0.05) is 29.3 Å². The number of carbonyl (C=O) groups excluding carboxylic acids is 3. The molecule has 2 amide bonds. The van der Waals surface area contributed by atoms with Gasteiger partial charge in [0.05, 0.1) is 29.1 Å². The molecule has 1 aromatic heterocycles. The van der Waals surface area contributed by atoms with Gasteiger partial charge in [0, 0.05) is 22.2 Å². The highest BCUT2D eigenvalue weighted by molar-refractivity contribution is 8.18. The summed E-state index contributed by atoms with van der Waals surface area (Å²) in [7, 11) is 1.25. The lowest BCUT2D eigenvalue weighted by Crippen LogP contribution is -2.28. The molecule has 1 saturated heterocycles. The van der Waals surface area contributed by atoms with Gasteiger partial charge in [0.1, 0.15) is 17.3 Å². The molecule has 1 aliphatic rings. The summed E-state index contributed by atoms with van der Waals surface area (Å²) in [5.74, 6) is -1.04. The predicted octanol–water partition coefficient (Wildman–Crippen LogP) is 6.42. The van der Waals surface area contributed by atoms with Gasteiger partial charge in [0.2, 0.25) is 0 Å². The number of benzene rings is 2. The van der Waals surface area contributed by atoms with Crippen LogP contribution in [0.2, 0.25) is 10.0 Å². The van der Waals surface area contributed by atoms with Crippen molar-refractivity contribution >= 4 is 58.2 Å². The Morgan fingerprint density at radius 2 is 1.94 bits per heavy atom. The molecular weight excluding hydrogens is 492 g/mol. The minimum Gasteiger partial charge on any atom is -0.465 e. The number of nitrogens with zero attached hydrogens (tertiary/aromatic N) is 1. The van der Waals surface area contributed by atoms with Crippen LogP contribution in [0.15, 0.2) is 57.9 Å². The average Bonchev–Trinajstić information content (AvgIpc) is 3.36. The van der Waals surface area contributed by atoms with Crippen LogP contribution < -0.4 is 0 Å². The second kappa shape index (κ2) is 9.43. The van der Waals surface area contributed by atoms with Crippen LogP contribution in [-0.4, -0.2) is 29.1 Å². The van der Waals surface area contributed by atoms with Crippen LogP contribution in [0, 0.1) is 5.82 Å².